The Labute approximate surface area is 380 Å². The maximum atomic E-state index is 3.00. The fraction of sp³-hybridized carbons (Fsp3) is 0.500. The monoisotopic (exact) mass is 936 g/mol. The first-order valence-electron chi connectivity index (χ1n) is 24.0. The fourth-order valence-electron chi connectivity index (χ4n) is 12.9. The minimum atomic E-state index is -3.97. The van der Waals surface area contributed by atoms with Crippen LogP contribution in [0.5, 0.6) is 0 Å². The van der Waals surface area contributed by atoms with E-state index in [2.05, 4.69) is 143 Å². The van der Waals surface area contributed by atoms with E-state index in [4.69, 9.17) is 0 Å². The molecule has 2 fully saturated rings. The van der Waals surface area contributed by atoms with Gasteiger partial charge < -0.3 is 0 Å². The molecule has 4 aliphatic rings. The van der Waals surface area contributed by atoms with Crippen LogP contribution in [0.25, 0.3) is 34.4 Å². The molecule has 0 bridgehead atoms. The molecular formula is C56H76Cl2SiZr. The molecule has 2 atom stereocenters. The first-order valence-corrected chi connectivity index (χ1v) is 36.9. The maximum Gasteiger partial charge on any atom is -0.147 e. The van der Waals surface area contributed by atoms with Gasteiger partial charge in [-0.1, -0.05) is 0 Å². The predicted octanol–water partition coefficient (Wildman–Crippen LogP) is 17.5. The first kappa shape index (κ1) is 47.5. The molecule has 0 nitrogen and oxygen atoms in total. The van der Waals surface area contributed by atoms with Crippen LogP contribution < -0.4 is 0 Å². The molecule has 322 valence electrons. The van der Waals surface area contributed by atoms with Gasteiger partial charge in [-0.15, -0.1) is 24.8 Å². The first-order chi connectivity index (χ1) is 28.0. The van der Waals surface area contributed by atoms with E-state index < -0.39 is 17.4 Å². The van der Waals surface area contributed by atoms with Gasteiger partial charge in [-0.3, -0.25) is 0 Å². The van der Waals surface area contributed by atoms with Crippen LogP contribution in [0.1, 0.15) is 183 Å². The predicted molar refractivity (Wildman–Crippen MR) is 269 cm³/mol. The Bertz CT molecular complexity index is 2040. The summed E-state index contributed by atoms with van der Waals surface area (Å²) in [7, 11) is 0. The summed E-state index contributed by atoms with van der Waals surface area (Å²) in [5.41, 5.74) is 18.7. The quantitative estimate of drug-likeness (QED) is 0.0981. The van der Waals surface area contributed by atoms with Gasteiger partial charge in [0.05, 0.1) is 0 Å². The van der Waals surface area contributed by atoms with E-state index in [1.54, 1.807) is 22.3 Å². The summed E-state index contributed by atoms with van der Waals surface area (Å²) in [5.74, 6) is 2.73. The topological polar surface area (TPSA) is 0 Å². The average molecular weight is 939 g/mol. The van der Waals surface area contributed by atoms with E-state index in [1.807, 2.05) is 11.1 Å². The molecule has 0 radical (unpaired) electrons. The number of benzene rings is 4. The Morgan fingerprint density at radius 2 is 0.900 bits per heavy atom. The maximum absolute atomic E-state index is 3.97. The van der Waals surface area contributed by atoms with Crippen LogP contribution >= 0.6 is 24.8 Å². The molecule has 8 rings (SSSR count). The molecule has 0 saturated heterocycles. The molecule has 0 spiro atoms. The number of hydrogen-bond donors (Lipinski definition) is 0. The Kier molecular flexibility index (Phi) is 16.0. The van der Waals surface area contributed by atoms with E-state index in [1.165, 1.54) is 134 Å². The van der Waals surface area contributed by atoms with E-state index >= 15 is 0 Å². The molecule has 0 amide bonds. The molecule has 0 aromatic heterocycles. The summed E-state index contributed by atoms with van der Waals surface area (Å²) in [6, 6.07) is 34.2. The minimum absolute atomic E-state index is 0. The van der Waals surface area contributed by atoms with Gasteiger partial charge in [-0.05, 0) is 0 Å². The van der Waals surface area contributed by atoms with Crippen LogP contribution in [0, 0.1) is 11.8 Å². The molecule has 2 unspecified atom stereocenters. The van der Waals surface area contributed by atoms with Crippen molar-refractivity contribution in [3.63, 3.8) is 0 Å². The summed E-state index contributed by atoms with van der Waals surface area (Å²) in [6.07, 6.45) is 26.5. The normalized spacial score (nSPS) is 20.1. The van der Waals surface area contributed by atoms with Crippen molar-refractivity contribution in [2.45, 2.75) is 159 Å². The van der Waals surface area contributed by atoms with Gasteiger partial charge in [0.2, 0.25) is 0 Å². The Balaban J connectivity index is 0.00000302. The van der Waals surface area contributed by atoms with Crippen LogP contribution in [0.15, 0.2) is 96.1 Å². The summed E-state index contributed by atoms with van der Waals surface area (Å²) < 4.78 is 5.57. The third kappa shape index (κ3) is 9.59. The number of allylic oxidation sites excluding steroid dienone is 2. The molecule has 60 heavy (non-hydrogen) atoms. The summed E-state index contributed by atoms with van der Waals surface area (Å²) in [4.78, 5) is 0. The van der Waals surface area contributed by atoms with Crippen molar-refractivity contribution < 1.29 is 17.4 Å². The molecule has 0 aliphatic heterocycles. The molecule has 4 heteroatoms. The molecule has 0 N–H and O–H groups in total. The molecule has 4 aliphatic carbocycles. The largest absolute Gasteiger partial charge is 0.147 e. The number of hydrogen-bond acceptors (Lipinski definition) is 0. The second-order valence-corrected chi connectivity index (χ2v) is 49.3. The Hall–Kier alpha value is -1.96. The minimum Gasteiger partial charge on any atom is -0.147 e. The van der Waals surface area contributed by atoms with Crippen molar-refractivity contribution >= 4 is 43.8 Å². The van der Waals surface area contributed by atoms with Crippen LogP contribution in [0.3, 0.4) is 0 Å². The standard InChI is InChI=1S/2C26H31.C3H7.CH3.2ClH.H2Si.Zr/c2*1-19(2)22-12-14-23(15-13-22)25-11-7-10-24-17-21(18-26(24)25)16-20-8-5-3-4-6-9-20;1-3-2;;;;;/h2*7,10-15,17-20H,3-6,8-9,16H2,1-2H3;1,3H2,2H3;1H3;2*1H;1H2;. The molecule has 0 heterocycles. The van der Waals surface area contributed by atoms with Crippen molar-refractivity contribution in [1.82, 2.24) is 0 Å². The van der Waals surface area contributed by atoms with Crippen molar-refractivity contribution in [2.24, 2.45) is 11.8 Å². The van der Waals surface area contributed by atoms with Crippen molar-refractivity contribution in [3.05, 3.63) is 129 Å². The zero-order chi connectivity index (χ0) is 40.5. The van der Waals surface area contributed by atoms with E-state index in [0.717, 1.165) is 11.8 Å². The van der Waals surface area contributed by atoms with Gasteiger partial charge in [-0.2, -0.15) is 0 Å². The molecular weight excluding hydrogens is 863 g/mol. The second kappa shape index (κ2) is 20.3. The Morgan fingerprint density at radius 3 is 1.23 bits per heavy atom. The van der Waals surface area contributed by atoms with Crippen molar-refractivity contribution in [1.29, 1.82) is 0 Å². The second-order valence-electron chi connectivity index (χ2n) is 20.9. The summed E-state index contributed by atoms with van der Waals surface area (Å²) in [5, 5.41) is 0. The van der Waals surface area contributed by atoms with Crippen molar-refractivity contribution in [2.75, 3.05) is 0 Å². The van der Waals surface area contributed by atoms with Gasteiger partial charge in [0.1, 0.15) is 0 Å². The molecule has 4 aromatic rings. The number of rotatable bonds is 12. The Morgan fingerprint density at radius 1 is 0.533 bits per heavy atom. The van der Waals surface area contributed by atoms with Gasteiger partial charge in [-0.25, -0.2) is 0 Å². The van der Waals surface area contributed by atoms with Gasteiger partial charge in [0.25, 0.3) is 0 Å². The van der Waals surface area contributed by atoms with Crippen molar-refractivity contribution in [3.8, 4) is 22.3 Å². The number of halogens is 2. The molecule has 2 saturated carbocycles. The van der Waals surface area contributed by atoms with E-state index in [0.29, 0.717) is 19.1 Å². The third-order valence-corrected chi connectivity index (χ3v) is 39.3. The molecule has 4 aromatic carbocycles. The third-order valence-electron chi connectivity index (χ3n) is 15.8. The van der Waals surface area contributed by atoms with Gasteiger partial charge in [0, 0.05) is 0 Å². The average Bonchev–Trinajstić information content (AvgIpc) is 3.53. The smallest absolute Gasteiger partial charge is 0.147 e. The van der Waals surface area contributed by atoms with Crippen LogP contribution in [0.2, 0.25) is 8.76 Å². The van der Waals surface area contributed by atoms with Gasteiger partial charge >= 0.3 is 359 Å². The van der Waals surface area contributed by atoms with Crippen LogP contribution in [-0.4, -0.2) is 6.88 Å². The van der Waals surface area contributed by atoms with E-state index in [-0.39, 0.29) is 24.8 Å². The van der Waals surface area contributed by atoms with Crippen LogP contribution in [0.4, 0.5) is 0 Å². The fourth-order valence-corrected chi connectivity index (χ4v) is 38.7. The number of fused-ring (bicyclic) bond motifs is 2. The summed E-state index contributed by atoms with van der Waals surface area (Å²) in [6.45, 7) is 14.4. The van der Waals surface area contributed by atoms with Gasteiger partial charge in [0.15, 0.2) is 0 Å². The SMILES string of the molecule is CC[CH2][Zr]([CH3])(=[SiH2])([CH]1C(CC2CCCCCC2)=Cc2c(-c3ccc(C(C)C)cc3)cccc21)[CH]1C(CC2CCCCCC2)=Cc2c(-c3ccc(C(C)C)cc3)cccc21.Cl.Cl. The van der Waals surface area contributed by atoms with Crippen LogP contribution in [-0.2, 0) is 17.4 Å². The zero-order valence-corrected chi connectivity index (χ0v) is 43.5. The van der Waals surface area contributed by atoms with E-state index in [9.17, 15) is 0 Å². The summed E-state index contributed by atoms with van der Waals surface area (Å²) >= 11 is -3.97. The zero-order valence-electron chi connectivity index (χ0n) is 38.0.